The summed E-state index contributed by atoms with van der Waals surface area (Å²) in [4.78, 5) is 26.9. The van der Waals surface area contributed by atoms with E-state index >= 15 is 0 Å². The zero-order valence-electron chi connectivity index (χ0n) is 16.9. The normalized spacial score (nSPS) is 27.6. The van der Waals surface area contributed by atoms with Crippen LogP contribution in [0.4, 0.5) is 4.79 Å². The molecule has 2 saturated heterocycles. The van der Waals surface area contributed by atoms with Gasteiger partial charge >= 0.3 is 12.0 Å². The SMILES string of the molecule is CCOC(=O)CCC1(C2CCCCC2)CNC(=O)N1CCC1CCNCC1. The van der Waals surface area contributed by atoms with Crippen LogP contribution in [0.3, 0.4) is 0 Å². The van der Waals surface area contributed by atoms with Gasteiger partial charge in [-0.15, -0.1) is 0 Å². The molecule has 0 aromatic carbocycles. The first kappa shape index (κ1) is 20.4. The van der Waals surface area contributed by atoms with Gasteiger partial charge in [-0.25, -0.2) is 4.79 Å². The number of urea groups is 1. The number of rotatable bonds is 8. The van der Waals surface area contributed by atoms with Crippen molar-refractivity contribution < 1.29 is 14.3 Å². The maximum atomic E-state index is 12.8. The van der Waals surface area contributed by atoms with Crippen LogP contribution < -0.4 is 10.6 Å². The van der Waals surface area contributed by atoms with Crippen LogP contribution in [0.15, 0.2) is 0 Å². The van der Waals surface area contributed by atoms with Crippen molar-refractivity contribution in [3.05, 3.63) is 0 Å². The van der Waals surface area contributed by atoms with Crippen LogP contribution in [-0.4, -0.2) is 55.2 Å². The van der Waals surface area contributed by atoms with Gasteiger partial charge in [0.2, 0.25) is 0 Å². The molecule has 2 amide bonds. The molecule has 1 atom stereocenters. The van der Waals surface area contributed by atoms with Crippen LogP contribution in [0.2, 0.25) is 0 Å². The molecule has 1 saturated carbocycles. The van der Waals surface area contributed by atoms with Gasteiger partial charge < -0.3 is 20.3 Å². The van der Waals surface area contributed by atoms with Crippen molar-refractivity contribution in [3.63, 3.8) is 0 Å². The lowest BCUT2D eigenvalue weighted by atomic mass is 9.71. The standard InChI is InChI=1S/C21H37N3O3/c1-2-27-19(25)8-12-21(18-6-4-3-5-7-18)16-23-20(26)24(21)15-11-17-9-13-22-14-10-17/h17-18,22H,2-16H2,1H3,(H,23,26). The molecule has 27 heavy (non-hydrogen) atoms. The summed E-state index contributed by atoms with van der Waals surface area (Å²) >= 11 is 0. The van der Waals surface area contributed by atoms with E-state index in [1.165, 1.54) is 44.9 Å². The fourth-order valence-corrected chi connectivity index (χ4v) is 5.41. The number of nitrogens with one attached hydrogen (secondary N) is 2. The quantitative estimate of drug-likeness (QED) is 0.636. The van der Waals surface area contributed by atoms with Crippen molar-refractivity contribution in [2.75, 3.05) is 32.8 Å². The maximum absolute atomic E-state index is 12.8. The Kier molecular flexibility index (Phi) is 7.39. The lowest BCUT2D eigenvalue weighted by molar-refractivity contribution is -0.144. The van der Waals surface area contributed by atoms with E-state index in [0.717, 1.165) is 32.5 Å². The highest BCUT2D eigenvalue weighted by atomic mass is 16.5. The van der Waals surface area contributed by atoms with Crippen molar-refractivity contribution in [1.82, 2.24) is 15.5 Å². The third-order valence-corrected chi connectivity index (χ3v) is 6.98. The molecule has 6 heteroatoms. The molecule has 154 valence electrons. The molecular formula is C21H37N3O3. The molecule has 1 unspecified atom stereocenters. The largest absolute Gasteiger partial charge is 0.466 e. The van der Waals surface area contributed by atoms with E-state index in [4.69, 9.17) is 4.74 Å². The van der Waals surface area contributed by atoms with Crippen LogP contribution in [0.25, 0.3) is 0 Å². The van der Waals surface area contributed by atoms with Crippen LogP contribution in [0, 0.1) is 11.8 Å². The van der Waals surface area contributed by atoms with Crippen molar-refractivity contribution in [3.8, 4) is 0 Å². The molecule has 3 aliphatic rings. The first-order valence-corrected chi connectivity index (χ1v) is 11.1. The van der Waals surface area contributed by atoms with Crippen molar-refractivity contribution in [2.45, 2.75) is 76.7 Å². The minimum Gasteiger partial charge on any atom is -0.466 e. The number of carbonyl (C=O) groups is 2. The Bertz CT molecular complexity index is 501. The van der Waals surface area contributed by atoms with Crippen LogP contribution in [0.1, 0.15) is 71.1 Å². The Hall–Kier alpha value is -1.30. The van der Waals surface area contributed by atoms with E-state index in [2.05, 4.69) is 15.5 Å². The molecular weight excluding hydrogens is 342 g/mol. The minimum atomic E-state index is -0.211. The first-order valence-electron chi connectivity index (χ1n) is 11.1. The van der Waals surface area contributed by atoms with Crippen LogP contribution >= 0.6 is 0 Å². The number of ether oxygens (including phenoxy) is 1. The molecule has 0 bridgehead atoms. The summed E-state index contributed by atoms with van der Waals surface area (Å²) in [6.07, 6.45) is 10.7. The van der Waals surface area contributed by atoms with Crippen LogP contribution in [-0.2, 0) is 9.53 Å². The topological polar surface area (TPSA) is 70.7 Å². The molecule has 3 fully saturated rings. The average molecular weight is 380 g/mol. The van der Waals surface area contributed by atoms with Gasteiger partial charge in [-0.05, 0) is 70.4 Å². The zero-order valence-corrected chi connectivity index (χ0v) is 16.9. The number of amides is 2. The van der Waals surface area contributed by atoms with Gasteiger partial charge in [0.15, 0.2) is 0 Å². The lowest BCUT2D eigenvalue weighted by Gasteiger charge is -2.45. The minimum absolute atomic E-state index is 0.0679. The highest BCUT2D eigenvalue weighted by molar-refractivity contribution is 5.78. The van der Waals surface area contributed by atoms with Crippen molar-refractivity contribution in [1.29, 1.82) is 0 Å². The third-order valence-electron chi connectivity index (χ3n) is 6.98. The Labute approximate surface area is 163 Å². The first-order chi connectivity index (χ1) is 13.2. The smallest absolute Gasteiger partial charge is 0.318 e. The van der Waals surface area contributed by atoms with Gasteiger partial charge in [-0.2, -0.15) is 0 Å². The molecule has 6 nitrogen and oxygen atoms in total. The Balaban J connectivity index is 1.71. The van der Waals surface area contributed by atoms with Crippen molar-refractivity contribution >= 4 is 12.0 Å². The predicted molar refractivity (Wildman–Crippen MR) is 105 cm³/mol. The number of piperidine rings is 1. The Morgan fingerprint density at radius 1 is 1.19 bits per heavy atom. The molecule has 1 aliphatic carbocycles. The number of hydrogen-bond acceptors (Lipinski definition) is 4. The second kappa shape index (κ2) is 9.76. The number of carbonyl (C=O) groups excluding carboxylic acids is 2. The molecule has 2 N–H and O–H groups in total. The van der Waals surface area contributed by atoms with Gasteiger partial charge in [0.25, 0.3) is 0 Å². The van der Waals surface area contributed by atoms with E-state index in [-0.39, 0.29) is 17.5 Å². The molecule has 0 spiro atoms. The number of nitrogens with zero attached hydrogens (tertiary/aromatic N) is 1. The molecule has 2 heterocycles. The van der Waals surface area contributed by atoms with Gasteiger partial charge in [-0.1, -0.05) is 19.3 Å². The Morgan fingerprint density at radius 2 is 1.93 bits per heavy atom. The molecule has 3 rings (SSSR count). The molecule has 0 aromatic rings. The average Bonchev–Trinajstić information content (AvgIpc) is 3.03. The zero-order chi connectivity index (χ0) is 19.1. The number of hydrogen-bond donors (Lipinski definition) is 2. The predicted octanol–water partition coefficient (Wildman–Crippen LogP) is 3.06. The highest BCUT2D eigenvalue weighted by Crippen LogP contribution is 2.42. The summed E-state index contributed by atoms with van der Waals surface area (Å²) < 4.78 is 5.18. The van der Waals surface area contributed by atoms with E-state index in [1.807, 2.05) is 6.92 Å². The fraction of sp³-hybridized carbons (Fsp3) is 0.905. The van der Waals surface area contributed by atoms with E-state index in [1.54, 1.807) is 0 Å². The summed E-state index contributed by atoms with van der Waals surface area (Å²) in [5, 5.41) is 6.54. The summed E-state index contributed by atoms with van der Waals surface area (Å²) in [5.74, 6) is 1.06. The highest BCUT2D eigenvalue weighted by Gasteiger charge is 2.50. The van der Waals surface area contributed by atoms with Crippen LogP contribution in [0.5, 0.6) is 0 Å². The summed E-state index contributed by atoms with van der Waals surface area (Å²) in [6.45, 7) is 5.95. The fourth-order valence-electron chi connectivity index (χ4n) is 5.41. The van der Waals surface area contributed by atoms with E-state index in [9.17, 15) is 9.59 Å². The second-order valence-corrected chi connectivity index (χ2v) is 8.54. The van der Waals surface area contributed by atoms with Gasteiger partial charge in [0, 0.05) is 19.5 Å². The summed E-state index contributed by atoms with van der Waals surface area (Å²) in [7, 11) is 0. The van der Waals surface area contributed by atoms with Gasteiger partial charge in [0.1, 0.15) is 0 Å². The summed E-state index contributed by atoms with van der Waals surface area (Å²) in [5.41, 5.74) is -0.211. The Morgan fingerprint density at radius 3 is 2.63 bits per heavy atom. The monoisotopic (exact) mass is 379 g/mol. The maximum Gasteiger partial charge on any atom is 0.318 e. The van der Waals surface area contributed by atoms with E-state index in [0.29, 0.717) is 31.4 Å². The molecule has 0 aromatic heterocycles. The second-order valence-electron chi connectivity index (χ2n) is 8.54. The molecule has 2 aliphatic heterocycles. The van der Waals surface area contributed by atoms with Crippen molar-refractivity contribution in [2.24, 2.45) is 11.8 Å². The number of esters is 1. The van der Waals surface area contributed by atoms with Gasteiger partial charge in [0.05, 0.1) is 12.1 Å². The van der Waals surface area contributed by atoms with Gasteiger partial charge in [-0.3, -0.25) is 4.79 Å². The summed E-state index contributed by atoms with van der Waals surface area (Å²) in [6, 6.07) is 0.0679. The van der Waals surface area contributed by atoms with E-state index < -0.39 is 0 Å². The third kappa shape index (κ3) is 4.95. The lowest BCUT2D eigenvalue weighted by Crippen LogP contribution is -2.54. The molecule has 0 radical (unpaired) electrons.